The Kier molecular flexibility index (Phi) is 7.17. The molecule has 0 aliphatic heterocycles. The summed E-state index contributed by atoms with van der Waals surface area (Å²) in [5, 5.41) is 8.58. The van der Waals surface area contributed by atoms with Crippen molar-refractivity contribution in [1.82, 2.24) is 9.88 Å². The maximum atomic E-state index is 12.2. The molecule has 116 valence electrons. The summed E-state index contributed by atoms with van der Waals surface area (Å²) in [4.78, 5) is 28.1. The molecule has 0 saturated heterocycles. The highest BCUT2D eigenvalue weighted by molar-refractivity contribution is 5.94. The third-order valence-corrected chi connectivity index (χ3v) is 2.75. The monoisotopic (exact) mass is 296 g/mol. The summed E-state index contributed by atoms with van der Waals surface area (Å²) in [5.41, 5.74) is 0.454. The normalized spacial score (nSPS) is 10.2. The zero-order valence-electron chi connectivity index (χ0n) is 12.2. The molecular weight excluding hydrogens is 276 g/mol. The molecule has 0 spiro atoms. The second kappa shape index (κ2) is 8.91. The lowest BCUT2D eigenvalue weighted by Gasteiger charge is -2.17. The molecule has 0 saturated carbocycles. The number of carboxylic acids is 1. The highest BCUT2D eigenvalue weighted by Crippen LogP contribution is 2.11. The molecule has 0 aliphatic carbocycles. The van der Waals surface area contributed by atoms with Gasteiger partial charge in [0.15, 0.2) is 0 Å². The average molecular weight is 296 g/mol. The van der Waals surface area contributed by atoms with Crippen LogP contribution in [-0.2, 0) is 9.53 Å². The lowest BCUT2D eigenvalue weighted by molar-refractivity contribution is -0.137. The van der Waals surface area contributed by atoms with Crippen LogP contribution in [0.25, 0.3) is 0 Å². The Morgan fingerprint density at radius 1 is 1.38 bits per heavy atom. The van der Waals surface area contributed by atoms with Crippen LogP contribution in [0.15, 0.2) is 18.3 Å². The summed E-state index contributed by atoms with van der Waals surface area (Å²) >= 11 is 0. The van der Waals surface area contributed by atoms with Gasteiger partial charge < -0.3 is 19.5 Å². The zero-order valence-corrected chi connectivity index (χ0v) is 12.2. The minimum Gasteiger partial charge on any atom is -0.481 e. The van der Waals surface area contributed by atoms with Crippen molar-refractivity contribution in [2.24, 2.45) is 0 Å². The van der Waals surface area contributed by atoms with Crippen molar-refractivity contribution in [3.05, 3.63) is 23.9 Å². The van der Waals surface area contributed by atoms with Crippen LogP contribution in [0.2, 0.25) is 0 Å². The second-order valence-electron chi connectivity index (χ2n) is 4.45. The Hall–Kier alpha value is -2.15. The zero-order chi connectivity index (χ0) is 15.7. The molecular formula is C14H20N2O5. The summed E-state index contributed by atoms with van der Waals surface area (Å²) in [6.45, 7) is 1.18. The maximum absolute atomic E-state index is 12.2. The number of carbonyl (C=O) groups is 2. The Morgan fingerprint density at radius 3 is 2.81 bits per heavy atom. The Balaban J connectivity index is 2.56. The van der Waals surface area contributed by atoms with Gasteiger partial charge in [0.1, 0.15) is 6.61 Å². The topological polar surface area (TPSA) is 89.0 Å². The molecule has 1 amide bonds. The molecule has 0 atom stereocenters. The molecule has 21 heavy (non-hydrogen) atoms. The van der Waals surface area contributed by atoms with E-state index in [9.17, 15) is 9.59 Å². The maximum Gasteiger partial charge on any atom is 0.303 e. The molecule has 1 heterocycles. The van der Waals surface area contributed by atoms with Gasteiger partial charge in [0.2, 0.25) is 5.88 Å². The van der Waals surface area contributed by atoms with Crippen molar-refractivity contribution >= 4 is 11.9 Å². The van der Waals surface area contributed by atoms with E-state index < -0.39 is 5.97 Å². The van der Waals surface area contributed by atoms with Crippen molar-refractivity contribution in [1.29, 1.82) is 0 Å². The number of amides is 1. The first kappa shape index (κ1) is 16.9. The smallest absolute Gasteiger partial charge is 0.303 e. The Bertz CT molecular complexity index is 478. The van der Waals surface area contributed by atoms with Crippen molar-refractivity contribution in [3.8, 4) is 5.88 Å². The molecule has 1 aromatic heterocycles. The van der Waals surface area contributed by atoms with E-state index in [0.717, 1.165) is 0 Å². The van der Waals surface area contributed by atoms with E-state index in [2.05, 4.69) is 4.98 Å². The molecule has 1 N–H and O–H groups in total. The number of nitrogens with zero attached hydrogens (tertiary/aromatic N) is 2. The predicted molar refractivity (Wildman–Crippen MR) is 75.4 cm³/mol. The molecule has 0 aliphatic rings. The quantitative estimate of drug-likeness (QED) is 0.685. The van der Waals surface area contributed by atoms with Crippen LogP contribution in [0.5, 0.6) is 5.88 Å². The van der Waals surface area contributed by atoms with Gasteiger partial charge in [0.05, 0.1) is 6.61 Å². The Morgan fingerprint density at radius 2 is 2.14 bits per heavy atom. The third kappa shape index (κ3) is 6.22. The van der Waals surface area contributed by atoms with Crippen LogP contribution in [0, 0.1) is 0 Å². The van der Waals surface area contributed by atoms with E-state index in [1.165, 1.54) is 11.1 Å². The first-order chi connectivity index (χ1) is 10.0. The van der Waals surface area contributed by atoms with Crippen molar-refractivity contribution in [2.75, 3.05) is 33.9 Å². The standard InChI is InChI=1S/C14H20N2O5/c1-16(7-3-4-13(17)18)14(19)11-5-6-15-12(10-11)21-9-8-20-2/h5-6,10H,3-4,7-9H2,1-2H3,(H,17,18). The minimum atomic E-state index is -0.867. The second-order valence-corrected chi connectivity index (χ2v) is 4.45. The highest BCUT2D eigenvalue weighted by Gasteiger charge is 2.13. The van der Waals surface area contributed by atoms with Gasteiger partial charge >= 0.3 is 5.97 Å². The number of aromatic nitrogens is 1. The van der Waals surface area contributed by atoms with Gasteiger partial charge in [-0.15, -0.1) is 0 Å². The molecule has 1 rings (SSSR count). The highest BCUT2D eigenvalue weighted by atomic mass is 16.5. The fourth-order valence-electron chi connectivity index (χ4n) is 1.64. The van der Waals surface area contributed by atoms with E-state index in [4.69, 9.17) is 14.6 Å². The number of hydrogen-bond acceptors (Lipinski definition) is 5. The lowest BCUT2D eigenvalue weighted by Crippen LogP contribution is -2.28. The SMILES string of the molecule is COCCOc1cc(C(=O)N(C)CCCC(=O)O)ccn1. The largest absolute Gasteiger partial charge is 0.481 e. The van der Waals surface area contributed by atoms with Gasteiger partial charge in [-0.05, 0) is 12.5 Å². The number of hydrogen-bond donors (Lipinski definition) is 1. The van der Waals surface area contributed by atoms with Gasteiger partial charge in [-0.2, -0.15) is 0 Å². The van der Waals surface area contributed by atoms with E-state index in [1.807, 2.05) is 0 Å². The number of rotatable bonds is 9. The molecule has 7 nitrogen and oxygen atoms in total. The first-order valence-electron chi connectivity index (χ1n) is 6.59. The van der Waals surface area contributed by atoms with E-state index in [-0.39, 0.29) is 12.3 Å². The van der Waals surface area contributed by atoms with Gasteiger partial charge in [0, 0.05) is 44.9 Å². The molecule has 0 bridgehead atoms. The molecule has 0 aromatic carbocycles. The van der Waals surface area contributed by atoms with Crippen LogP contribution in [0.1, 0.15) is 23.2 Å². The third-order valence-electron chi connectivity index (χ3n) is 2.75. The van der Waals surface area contributed by atoms with Crippen LogP contribution >= 0.6 is 0 Å². The number of methoxy groups -OCH3 is 1. The minimum absolute atomic E-state index is 0.0410. The van der Waals surface area contributed by atoms with Gasteiger partial charge in [0.25, 0.3) is 5.91 Å². The number of carboxylic acid groups (broad SMARTS) is 1. The molecule has 0 unspecified atom stereocenters. The summed E-state index contributed by atoms with van der Waals surface area (Å²) in [6, 6.07) is 3.16. The lowest BCUT2D eigenvalue weighted by atomic mass is 10.2. The van der Waals surface area contributed by atoms with Crippen molar-refractivity contribution < 1.29 is 24.2 Å². The fourth-order valence-corrected chi connectivity index (χ4v) is 1.64. The molecule has 0 radical (unpaired) electrons. The molecule has 1 aromatic rings. The fraction of sp³-hybridized carbons (Fsp3) is 0.500. The van der Waals surface area contributed by atoms with Crippen LogP contribution < -0.4 is 4.74 Å². The van der Waals surface area contributed by atoms with Crippen molar-refractivity contribution in [3.63, 3.8) is 0 Å². The number of aliphatic carboxylic acids is 1. The van der Waals surface area contributed by atoms with Gasteiger partial charge in [-0.3, -0.25) is 9.59 Å². The average Bonchev–Trinajstić information content (AvgIpc) is 2.46. The number of pyridine rings is 1. The summed E-state index contributed by atoms with van der Waals surface area (Å²) in [6.07, 6.45) is 1.96. The van der Waals surface area contributed by atoms with Crippen molar-refractivity contribution in [2.45, 2.75) is 12.8 Å². The van der Waals surface area contributed by atoms with E-state index in [0.29, 0.717) is 37.6 Å². The van der Waals surface area contributed by atoms with Crippen LogP contribution in [0.4, 0.5) is 0 Å². The summed E-state index contributed by atoms with van der Waals surface area (Å²) in [5.74, 6) is -0.704. The molecule has 7 heteroatoms. The van der Waals surface area contributed by atoms with Gasteiger partial charge in [-0.1, -0.05) is 0 Å². The molecule has 0 fully saturated rings. The van der Waals surface area contributed by atoms with Crippen LogP contribution in [0.3, 0.4) is 0 Å². The number of ether oxygens (including phenoxy) is 2. The predicted octanol–water partition coefficient (Wildman–Crippen LogP) is 1.04. The van der Waals surface area contributed by atoms with E-state index in [1.54, 1.807) is 26.3 Å². The summed E-state index contributed by atoms with van der Waals surface area (Å²) in [7, 11) is 3.21. The van der Waals surface area contributed by atoms with E-state index >= 15 is 0 Å². The van der Waals surface area contributed by atoms with Gasteiger partial charge in [-0.25, -0.2) is 4.98 Å². The first-order valence-corrected chi connectivity index (χ1v) is 6.59. The summed E-state index contributed by atoms with van der Waals surface area (Å²) < 4.78 is 10.2. The number of carbonyl (C=O) groups excluding carboxylic acids is 1. The Labute approximate surface area is 123 Å². The van der Waals surface area contributed by atoms with Crippen LogP contribution in [-0.4, -0.2) is 60.8 Å².